The highest BCUT2D eigenvalue weighted by atomic mass is 32.2. The van der Waals surface area contributed by atoms with Crippen molar-refractivity contribution in [3.8, 4) is 22.8 Å². The summed E-state index contributed by atoms with van der Waals surface area (Å²) in [6, 6.07) is 21.5. The molecule has 3 aromatic carbocycles. The Morgan fingerprint density at radius 3 is 2.37 bits per heavy atom. The molecular formula is C26H24FN5O2S. The lowest BCUT2D eigenvalue weighted by atomic mass is 10.1. The Morgan fingerprint density at radius 1 is 1.03 bits per heavy atom. The van der Waals surface area contributed by atoms with Gasteiger partial charge in [-0.1, -0.05) is 53.7 Å². The maximum Gasteiger partial charge on any atom is 0.250 e. The topological polar surface area (TPSA) is 81.4 Å². The first-order valence-electron chi connectivity index (χ1n) is 10.8. The Kier molecular flexibility index (Phi) is 7.57. The number of methoxy groups -OCH3 is 1. The summed E-state index contributed by atoms with van der Waals surface area (Å²) < 4.78 is 20.3. The number of nitrogens with one attached hydrogen (secondary N) is 1. The van der Waals surface area contributed by atoms with Crippen molar-refractivity contribution in [2.24, 2.45) is 5.10 Å². The second-order valence-corrected chi connectivity index (χ2v) is 8.68. The van der Waals surface area contributed by atoms with E-state index in [9.17, 15) is 9.18 Å². The number of halogens is 1. The first-order valence-corrected chi connectivity index (χ1v) is 11.8. The number of hydrogen-bond donors (Lipinski definition) is 1. The van der Waals surface area contributed by atoms with Crippen LogP contribution in [0.4, 0.5) is 4.39 Å². The first-order chi connectivity index (χ1) is 16.9. The summed E-state index contributed by atoms with van der Waals surface area (Å²) in [5, 5.41) is 13.4. The summed E-state index contributed by atoms with van der Waals surface area (Å²) in [6.45, 7) is 3.77. The zero-order chi connectivity index (χ0) is 24.8. The molecule has 0 bridgehead atoms. The number of nitrogens with zero attached hydrogens (tertiary/aromatic N) is 4. The normalized spacial score (nSPS) is 11.4. The Morgan fingerprint density at radius 2 is 1.71 bits per heavy atom. The van der Waals surface area contributed by atoms with Crippen LogP contribution >= 0.6 is 11.8 Å². The number of carbonyl (C=O) groups excluding carboxylic acids is 1. The number of aryl methyl sites for hydroxylation is 1. The van der Waals surface area contributed by atoms with Gasteiger partial charge in [0.2, 0.25) is 0 Å². The van der Waals surface area contributed by atoms with Crippen molar-refractivity contribution >= 4 is 23.4 Å². The minimum Gasteiger partial charge on any atom is -0.497 e. The molecule has 0 radical (unpaired) electrons. The summed E-state index contributed by atoms with van der Waals surface area (Å²) in [6.07, 6.45) is 0. The molecule has 1 N–H and O–H groups in total. The zero-order valence-corrected chi connectivity index (χ0v) is 20.3. The van der Waals surface area contributed by atoms with Gasteiger partial charge in [-0.15, -0.1) is 10.2 Å². The number of amides is 1. The molecule has 0 fully saturated rings. The Balaban J connectivity index is 1.53. The number of hydrazone groups is 1. The molecule has 178 valence electrons. The van der Waals surface area contributed by atoms with Gasteiger partial charge in [-0.05, 0) is 55.8 Å². The molecule has 0 unspecified atom stereocenters. The van der Waals surface area contributed by atoms with Crippen molar-refractivity contribution in [3.05, 3.63) is 89.7 Å². The number of rotatable bonds is 8. The summed E-state index contributed by atoms with van der Waals surface area (Å²) >= 11 is 1.26. The fourth-order valence-corrected chi connectivity index (χ4v) is 4.03. The first kappa shape index (κ1) is 24.2. The van der Waals surface area contributed by atoms with Crippen molar-refractivity contribution in [2.45, 2.75) is 19.0 Å². The van der Waals surface area contributed by atoms with Crippen LogP contribution in [0, 0.1) is 12.7 Å². The fraction of sp³-hybridized carbons (Fsp3) is 0.154. The largest absolute Gasteiger partial charge is 0.497 e. The molecule has 1 amide bonds. The third kappa shape index (κ3) is 5.93. The van der Waals surface area contributed by atoms with E-state index in [1.807, 2.05) is 60.0 Å². The highest BCUT2D eigenvalue weighted by molar-refractivity contribution is 7.99. The molecular weight excluding hydrogens is 465 g/mol. The molecule has 9 heteroatoms. The molecule has 0 aliphatic carbocycles. The van der Waals surface area contributed by atoms with Crippen molar-refractivity contribution in [1.29, 1.82) is 0 Å². The lowest BCUT2D eigenvalue weighted by Gasteiger charge is -2.11. The van der Waals surface area contributed by atoms with E-state index in [2.05, 4.69) is 20.7 Å². The Bertz CT molecular complexity index is 1330. The van der Waals surface area contributed by atoms with Gasteiger partial charge in [-0.3, -0.25) is 9.36 Å². The van der Waals surface area contributed by atoms with Gasteiger partial charge < -0.3 is 4.74 Å². The van der Waals surface area contributed by atoms with Gasteiger partial charge in [0.15, 0.2) is 11.0 Å². The van der Waals surface area contributed by atoms with Crippen LogP contribution < -0.4 is 10.2 Å². The minimum atomic E-state index is -0.326. The molecule has 0 spiro atoms. The number of carbonyl (C=O) groups is 1. The van der Waals surface area contributed by atoms with E-state index in [1.54, 1.807) is 26.2 Å². The van der Waals surface area contributed by atoms with Crippen LogP contribution in [0.1, 0.15) is 18.1 Å². The quantitative estimate of drug-likeness (QED) is 0.213. The maximum atomic E-state index is 13.1. The lowest BCUT2D eigenvalue weighted by Crippen LogP contribution is -2.21. The van der Waals surface area contributed by atoms with Crippen LogP contribution in [0.2, 0.25) is 0 Å². The molecule has 4 rings (SSSR count). The van der Waals surface area contributed by atoms with Gasteiger partial charge >= 0.3 is 0 Å². The molecule has 0 aliphatic rings. The Labute approximate surface area is 207 Å². The van der Waals surface area contributed by atoms with E-state index in [-0.39, 0.29) is 17.5 Å². The van der Waals surface area contributed by atoms with Crippen LogP contribution in [0.5, 0.6) is 5.75 Å². The SMILES string of the molecule is COc1ccc(-n2c(SCC(=O)NN=C(C)c3ccc(F)cc3)nnc2-c2ccc(C)cc2)cc1. The highest BCUT2D eigenvalue weighted by Gasteiger charge is 2.17. The van der Waals surface area contributed by atoms with E-state index in [0.29, 0.717) is 16.7 Å². The predicted molar refractivity (Wildman–Crippen MR) is 136 cm³/mol. The molecule has 0 saturated carbocycles. The van der Waals surface area contributed by atoms with Crippen LogP contribution in [0.3, 0.4) is 0 Å². The predicted octanol–water partition coefficient (Wildman–Crippen LogP) is 5.02. The molecule has 1 heterocycles. The number of aromatic nitrogens is 3. The average Bonchev–Trinajstić information content (AvgIpc) is 3.31. The van der Waals surface area contributed by atoms with Crippen LogP contribution in [-0.4, -0.2) is 39.2 Å². The van der Waals surface area contributed by atoms with Gasteiger partial charge in [-0.25, -0.2) is 9.82 Å². The molecule has 4 aromatic rings. The van der Waals surface area contributed by atoms with Crippen molar-refractivity contribution < 1.29 is 13.9 Å². The fourth-order valence-electron chi connectivity index (χ4n) is 3.28. The van der Waals surface area contributed by atoms with E-state index in [0.717, 1.165) is 28.1 Å². The second-order valence-electron chi connectivity index (χ2n) is 7.73. The van der Waals surface area contributed by atoms with Crippen LogP contribution in [0.15, 0.2) is 83.1 Å². The van der Waals surface area contributed by atoms with Gasteiger partial charge in [0.1, 0.15) is 11.6 Å². The zero-order valence-electron chi connectivity index (χ0n) is 19.5. The summed E-state index contributed by atoms with van der Waals surface area (Å²) in [4.78, 5) is 12.5. The number of ether oxygens (including phenoxy) is 1. The maximum absolute atomic E-state index is 13.1. The third-order valence-corrected chi connectivity index (χ3v) is 6.15. The molecule has 7 nitrogen and oxygen atoms in total. The smallest absolute Gasteiger partial charge is 0.250 e. The monoisotopic (exact) mass is 489 g/mol. The van der Waals surface area contributed by atoms with Gasteiger partial charge in [0, 0.05) is 11.3 Å². The lowest BCUT2D eigenvalue weighted by molar-refractivity contribution is -0.118. The second kappa shape index (κ2) is 11.0. The van der Waals surface area contributed by atoms with Gasteiger partial charge in [-0.2, -0.15) is 5.10 Å². The van der Waals surface area contributed by atoms with Crippen LogP contribution in [-0.2, 0) is 4.79 Å². The number of benzene rings is 3. The van der Waals surface area contributed by atoms with Crippen molar-refractivity contribution in [2.75, 3.05) is 12.9 Å². The van der Waals surface area contributed by atoms with Gasteiger partial charge in [0.05, 0.1) is 18.6 Å². The standard InChI is InChI=1S/C26H24FN5O2S/c1-17-4-6-20(7-5-17)25-30-31-26(32(25)22-12-14-23(34-3)15-13-22)35-16-24(33)29-28-18(2)19-8-10-21(27)11-9-19/h4-15H,16H2,1-3H3,(H,29,33). The van der Waals surface area contributed by atoms with E-state index in [1.165, 1.54) is 23.9 Å². The van der Waals surface area contributed by atoms with Gasteiger partial charge in [0.25, 0.3) is 5.91 Å². The number of thioether (sulfide) groups is 1. The van der Waals surface area contributed by atoms with E-state index < -0.39 is 0 Å². The average molecular weight is 490 g/mol. The van der Waals surface area contributed by atoms with E-state index >= 15 is 0 Å². The van der Waals surface area contributed by atoms with Crippen molar-refractivity contribution in [1.82, 2.24) is 20.2 Å². The Hall–Kier alpha value is -3.98. The summed E-state index contributed by atoms with van der Waals surface area (Å²) in [7, 11) is 1.62. The molecule has 1 aromatic heterocycles. The molecule has 0 saturated heterocycles. The summed E-state index contributed by atoms with van der Waals surface area (Å²) in [5.74, 6) is 0.873. The molecule has 35 heavy (non-hydrogen) atoms. The van der Waals surface area contributed by atoms with E-state index in [4.69, 9.17) is 4.74 Å². The number of hydrogen-bond acceptors (Lipinski definition) is 6. The molecule has 0 aliphatic heterocycles. The minimum absolute atomic E-state index is 0.0857. The van der Waals surface area contributed by atoms with Crippen molar-refractivity contribution in [3.63, 3.8) is 0 Å². The molecule has 0 atom stereocenters. The third-order valence-electron chi connectivity index (χ3n) is 5.22. The van der Waals surface area contributed by atoms with Crippen LogP contribution in [0.25, 0.3) is 17.1 Å². The summed E-state index contributed by atoms with van der Waals surface area (Å²) in [5.41, 5.74) is 6.75. The highest BCUT2D eigenvalue weighted by Crippen LogP contribution is 2.29.